The quantitative estimate of drug-likeness (QED) is 0.919. The summed E-state index contributed by atoms with van der Waals surface area (Å²) in [7, 11) is 0. The number of thiazole rings is 1. The number of fused-ring (bicyclic) bond motifs is 1. The Bertz CT molecular complexity index is 580. The second kappa shape index (κ2) is 5.28. The van der Waals surface area contributed by atoms with Crippen LogP contribution >= 0.6 is 11.3 Å². The van der Waals surface area contributed by atoms with Gasteiger partial charge in [-0.3, -0.25) is 4.90 Å². The summed E-state index contributed by atoms with van der Waals surface area (Å²) in [5.41, 5.74) is 2.32. The van der Waals surface area contributed by atoms with Crippen molar-refractivity contribution in [2.75, 3.05) is 19.6 Å². The molecule has 0 amide bonds. The van der Waals surface area contributed by atoms with Crippen LogP contribution < -0.4 is 5.32 Å². The summed E-state index contributed by atoms with van der Waals surface area (Å²) < 4.78 is 0. The molecule has 2 atom stereocenters. The van der Waals surface area contributed by atoms with Gasteiger partial charge in [-0.1, -0.05) is 30.3 Å². The average Bonchev–Trinajstić information content (AvgIpc) is 3.16. The monoisotopic (exact) mass is 285 g/mol. The van der Waals surface area contributed by atoms with Crippen LogP contribution in [0.5, 0.6) is 0 Å². The van der Waals surface area contributed by atoms with E-state index in [1.54, 1.807) is 11.3 Å². The molecule has 0 unspecified atom stereocenters. The Labute approximate surface area is 123 Å². The highest BCUT2D eigenvalue weighted by Crippen LogP contribution is 2.30. The van der Waals surface area contributed by atoms with Crippen molar-refractivity contribution < 1.29 is 0 Å². The lowest BCUT2D eigenvalue weighted by atomic mass is 10.1. The summed E-state index contributed by atoms with van der Waals surface area (Å²) in [5, 5.41) is 7.09. The smallest absolute Gasteiger partial charge is 0.112 e. The first-order valence-electron chi connectivity index (χ1n) is 7.38. The zero-order chi connectivity index (χ0) is 13.4. The molecule has 2 aromatic rings. The van der Waals surface area contributed by atoms with Gasteiger partial charge in [0, 0.05) is 30.1 Å². The third-order valence-corrected chi connectivity index (χ3v) is 5.36. The summed E-state index contributed by atoms with van der Waals surface area (Å²) >= 11 is 1.78. The van der Waals surface area contributed by atoms with Crippen molar-refractivity contribution in [3.05, 3.63) is 40.7 Å². The Balaban J connectivity index is 1.53. The third kappa shape index (κ3) is 2.28. The van der Waals surface area contributed by atoms with Gasteiger partial charge in [0.25, 0.3) is 0 Å². The molecular weight excluding hydrogens is 266 g/mol. The van der Waals surface area contributed by atoms with Crippen LogP contribution in [0.2, 0.25) is 0 Å². The van der Waals surface area contributed by atoms with Crippen LogP contribution in [0.15, 0.2) is 35.7 Å². The molecule has 1 aromatic heterocycles. The summed E-state index contributed by atoms with van der Waals surface area (Å²) in [5.74, 6) is 0. The molecule has 2 aliphatic rings. The standard InChI is InChI=1S/C16H19N3S/c1-2-5-12(6-3-1)15-11-20-16(18-15)14-10-19-8-4-7-13(19)9-17-14/h1-3,5-6,11,13-14,17H,4,7-10H2/t13-,14+/m1/s1. The molecule has 0 spiro atoms. The van der Waals surface area contributed by atoms with E-state index in [1.165, 1.54) is 30.0 Å². The highest BCUT2D eigenvalue weighted by molar-refractivity contribution is 7.10. The van der Waals surface area contributed by atoms with Crippen molar-refractivity contribution in [3.63, 3.8) is 0 Å². The predicted molar refractivity (Wildman–Crippen MR) is 82.9 cm³/mol. The van der Waals surface area contributed by atoms with Gasteiger partial charge in [0.15, 0.2) is 0 Å². The summed E-state index contributed by atoms with van der Waals surface area (Å²) in [6.07, 6.45) is 2.71. The second-order valence-corrected chi connectivity index (χ2v) is 6.58. The maximum Gasteiger partial charge on any atom is 0.112 e. The fraction of sp³-hybridized carbons (Fsp3) is 0.438. The lowest BCUT2D eigenvalue weighted by Gasteiger charge is -2.35. The van der Waals surface area contributed by atoms with Crippen LogP contribution in [0.3, 0.4) is 0 Å². The summed E-state index contributed by atoms with van der Waals surface area (Å²) in [4.78, 5) is 7.48. The molecule has 2 saturated heterocycles. The van der Waals surface area contributed by atoms with Gasteiger partial charge in [-0.2, -0.15) is 0 Å². The number of hydrogen-bond acceptors (Lipinski definition) is 4. The largest absolute Gasteiger partial charge is 0.305 e. The first kappa shape index (κ1) is 12.5. The van der Waals surface area contributed by atoms with Crippen molar-refractivity contribution >= 4 is 11.3 Å². The van der Waals surface area contributed by atoms with Gasteiger partial charge in [-0.25, -0.2) is 4.98 Å². The van der Waals surface area contributed by atoms with Crippen molar-refractivity contribution in [1.82, 2.24) is 15.2 Å². The maximum atomic E-state index is 4.85. The SMILES string of the molecule is c1ccc(-c2csc([C@@H]3CN4CCC[C@@H]4CN3)n2)cc1. The molecule has 0 saturated carbocycles. The van der Waals surface area contributed by atoms with Crippen molar-refractivity contribution in [3.8, 4) is 11.3 Å². The minimum absolute atomic E-state index is 0.409. The molecule has 104 valence electrons. The van der Waals surface area contributed by atoms with E-state index < -0.39 is 0 Å². The van der Waals surface area contributed by atoms with E-state index in [2.05, 4.69) is 39.9 Å². The number of benzene rings is 1. The number of rotatable bonds is 2. The molecule has 0 radical (unpaired) electrons. The maximum absolute atomic E-state index is 4.85. The Morgan fingerprint density at radius 1 is 1.25 bits per heavy atom. The van der Waals surface area contributed by atoms with Gasteiger partial charge in [0.1, 0.15) is 5.01 Å². The number of nitrogens with zero attached hydrogens (tertiary/aromatic N) is 2. The molecule has 4 rings (SSSR count). The Morgan fingerprint density at radius 2 is 2.15 bits per heavy atom. The molecule has 0 aliphatic carbocycles. The molecular formula is C16H19N3S. The van der Waals surface area contributed by atoms with Crippen molar-refractivity contribution in [1.29, 1.82) is 0 Å². The topological polar surface area (TPSA) is 28.2 Å². The second-order valence-electron chi connectivity index (χ2n) is 5.69. The first-order valence-corrected chi connectivity index (χ1v) is 8.26. The van der Waals surface area contributed by atoms with E-state index >= 15 is 0 Å². The van der Waals surface area contributed by atoms with Gasteiger partial charge in [-0.05, 0) is 19.4 Å². The van der Waals surface area contributed by atoms with E-state index in [9.17, 15) is 0 Å². The van der Waals surface area contributed by atoms with Crippen molar-refractivity contribution in [2.45, 2.75) is 24.9 Å². The lowest BCUT2D eigenvalue weighted by Crippen LogP contribution is -2.49. The molecule has 1 N–H and O–H groups in total. The lowest BCUT2D eigenvalue weighted by molar-refractivity contribution is 0.173. The zero-order valence-corrected chi connectivity index (χ0v) is 12.3. The van der Waals surface area contributed by atoms with E-state index in [0.29, 0.717) is 6.04 Å². The Hall–Kier alpha value is -1.23. The molecule has 3 nitrogen and oxygen atoms in total. The summed E-state index contributed by atoms with van der Waals surface area (Å²) in [6.45, 7) is 3.50. The number of aromatic nitrogens is 1. The van der Waals surface area contributed by atoms with Crippen LogP contribution in [0.25, 0.3) is 11.3 Å². The molecule has 4 heteroatoms. The van der Waals surface area contributed by atoms with Gasteiger partial charge in [-0.15, -0.1) is 11.3 Å². The number of piperazine rings is 1. The molecule has 0 bridgehead atoms. The molecule has 2 aliphatic heterocycles. The van der Waals surface area contributed by atoms with Crippen LogP contribution in [-0.4, -0.2) is 35.6 Å². The molecule has 20 heavy (non-hydrogen) atoms. The molecule has 2 fully saturated rings. The Kier molecular flexibility index (Phi) is 3.30. The van der Waals surface area contributed by atoms with Crippen LogP contribution in [0.1, 0.15) is 23.9 Å². The number of hydrogen-bond donors (Lipinski definition) is 1. The van der Waals surface area contributed by atoms with Crippen molar-refractivity contribution in [2.24, 2.45) is 0 Å². The third-order valence-electron chi connectivity index (χ3n) is 4.41. The minimum atomic E-state index is 0.409. The Morgan fingerprint density at radius 3 is 3.05 bits per heavy atom. The molecule has 3 heterocycles. The average molecular weight is 285 g/mol. The van der Waals surface area contributed by atoms with Gasteiger partial charge in [0.2, 0.25) is 0 Å². The predicted octanol–water partition coefficient (Wildman–Crippen LogP) is 2.92. The fourth-order valence-corrected chi connectivity index (χ4v) is 4.19. The molecule has 1 aromatic carbocycles. The fourth-order valence-electron chi connectivity index (χ4n) is 3.30. The zero-order valence-electron chi connectivity index (χ0n) is 11.5. The first-order chi connectivity index (χ1) is 9.90. The number of nitrogens with one attached hydrogen (secondary N) is 1. The van der Waals surface area contributed by atoms with E-state index in [4.69, 9.17) is 4.98 Å². The van der Waals surface area contributed by atoms with E-state index in [-0.39, 0.29) is 0 Å². The van der Waals surface area contributed by atoms with Gasteiger partial charge >= 0.3 is 0 Å². The van der Waals surface area contributed by atoms with Gasteiger partial charge < -0.3 is 5.32 Å². The minimum Gasteiger partial charge on any atom is -0.305 e. The highest BCUT2D eigenvalue weighted by Gasteiger charge is 2.32. The normalized spacial score (nSPS) is 26.6. The highest BCUT2D eigenvalue weighted by atomic mass is 32.1. The van der Waals surface area contributed by atoms with Gasteiger partial charge in [0.05, 0.1) is 11.7 Å². The van der Waals surface area contributed by atoms with Crippen LogP contribution in [0.4, 0.5) is 0 Å². The van der Waals surface area contributed by atoms with Crippen LogP contribution in [-0.2, 0) is 0 Å². The van der Waals surface area contributed by atoms with Crippen LogP contribution in [0, 0.1) is 0 Å². The summed E-state index contributed by atoms with van der Waals surface area (Å²) in [6, 6.07) is 11.6. The van der Waals surface area contributed by atoms with E-state index in [0.717, 1.165) is 24.8 Å². The van der Waals surface area contributed by atoms with E-state index in [1.807, 2.05) is 6.07 Å².